The lowest BCUT2D eigenvalue weighted by atomic mass is 9.98. The maximum absolute atomic E-state index is 13.2. The van der Waals surface area contributed by atoms with E-state index in [1.165, 1.54) is 17.3 Å². The van der Waals surface area contributed by atoms with E-state index in [4.69, 9.17) is 4.52 Å². The van der Waals surface area contributed by atoms with Gasteiger partial charge in [-0.1, -0.05) is 5.16 Å². The molecule has 1 amide bonds. The molecule has 0 bridgehead atoms. The highest BCUT2D eigenvalue weighted by Gasteiger charge is 2.34. The van der Waals surface area contributed by atoms with E-state index in [1.807, 2.05) is 0 Å². The van der Waals surface area contributed by atoms with E-state index in [1.54, 1.807) is 36.6 Å². The normalized spacial score (nSPS) is 17.2. The first kappa shape index (κ1) is 22.3. The van der Waals surface area contributed by atoms with E-state index in [9.17, 15) is 18.0 Å². The number of carbonyl (C=O) groups excluding carboxylic acids is 2. The molecule has 0 saturated carbocycles. The fraction of sp³-hybridized carbons (Fsp3) is 0.333. The number of nitrogens with zero attached hydrogens (tertiary/aromatic N) is 3. The maximum Gasteiger partial charge on any atom is 0.252 e. The van der Waals surface area contributed by atoms with Crippen LogP contribution in [0.1, 0.15) is 36.0 Å². The number of hydrogen-bond donors (Lipinski definition) is 1. The molecule has 1 atom stereocenters. The number of nitrogens with one attached hydrogen (secondary N) is 1. The summed E-state index contributed by atoms with van der Waals surface area (Å²) < 4.78 is 32.8. The second-order valence-electron chi connectivity index (χ2n) is 7.62. The van der Waals surface area contributed by atoms with Crippen molar-refractivity contribution in [3.05, 3.63) is 47.2 Å². The summed E-state index contributed by atoms with van der Waals surface area (Å²) in [7, 11) is -3.75. The quantitative estimate of drug-likeness (QED) is 0.544. The van der Waals surface area contributed by atoms with Crippen molar-refractivity contribution in [2.75, 3.05) is 18.4 Å². The van der Waals surface area contributed by atoms with Crippen molar-refractivity contribution < 1.29 is 22.5 Å². The van der Waals surface area contributed by atoms with Gasteiger partial charge in [-0.2, -0.15) is 9.29 Å². The topological polar surface area (TPSA) is 122 Å². The summed E-state index contributed by atoms with van der Waals surface area (Å²) in [6, 6.07) is 8.16. The Hall–Kier alpha value is -2.89. The van der Waals surface area contributed by atoms with Gasteiger partial charge in [0.25, 0.3) is 10.0 Å². The summed E-state index contributed by atoms with van der Waals surface area (Å²) in [5.41, 5.74) is 1.70. The number of carbonyl (C=O) groups is 2. The van der Waals surface area contributed by atoms with Crippen molar-refractivity contribution in [1.29, 1.82) is 0 Å². The number of aryl methyl sites for hydroxylation is 1. The maximum atomic E-state index is 13.2. The molecule has 0 radical (unpaired) electrons. The number of hydrogen-bond acceptors (Lipinski definition) is 8. The van der Waals surface area contributed by atoms with Crippen LogP contribution in [0.25, 0.3) is 11.4 Å². The zero-order valence-corrected chi connectivity index (χ0v) is 19.2. The van der Waals surface area contributed by atoms with E-state index in [0.717, 1.165) is 11.3 Å². The minimum absolute atomic E-state index is 0.0535. The summed E-state index contributed by atoms with van der Waals surface area (Å²) >= 11 is 1.09. The first-order chi connectivity index (χ1) is 15.2. The predicted molar refractivity (Wildman–Crippen MR) is 119 cm³/mol. The highest BCUT2D eigenvalue weighted by molar-refractivity contribution is 7.91. The summed E-state index contributed by atoms with van der Waals surface area (Å²) in [5.74, 6) is -0.0227. The summed E-state index contributed by atoms with van der Waals surface area (Å²) in [6.45, 7) is 3.60. The highest BCUT2D eigenvalue weighted by atomic mass is 32.2. The number of ketones is 1. The molecule has 11 heteroatoms. The molecular weight excluding hydrogens is 452 g/mol. The van der Waals surface area contributed by atoms with Crippen LogP contribution >= 0.6 is 11.3 Å². The summed E-state index contributed by atoms with van der Waals surface area (Å²) in [6.07, 6.45) is 1.18. The average Bonchev–Trinajstić information content (AvgIpc) is 3.44. The van der Waals surface area contributed by atoms with E-state index in [0.29, 0.717) is 47.9 Å². The SMILES string of the molecule is CC(=O)c1ccc(NC(=O)[C@H]2CCCN(S(=O)(=O)c3cc(-c4noc(C)n4)cs3)C2)cc1. The molecule has 3 aromatic rings. The smallest absolute Gasteiger partial charge is 0.252 e. The van der Waals surface area contributed by atoms with E-state index < -0.39 is 15.9 Å². The molecule has 2 aromatic heterocycles. The Morgan fingerprint density at radius 3 is 2.66 bits per heavy atom. The van der Waals surface area contributed by atoms with Gasteiger partial charge in [-0.05, 0) is 50.1 Å². The first-order valence-electron chi connectivity index (χ1n) is 10.1. The molecule has 1 fully saturated rings. The van der Waals surface area contributed by atoms with Gasteiger partial charge < -0.3 is 9.84 Å². The molecule has 0 unspecified atom stereocenters. The Labute approximate surface area is 189 Å². The van der Waals surface area contributed by atoms with Crippen molar-refractivity contribution in [3.8, 4) is 11.4 Å². The Bertz CT molecular complexity index is 1250. The fourth-order valence-electron chi connectivity index (χ4n) is 3.52. The fourth-order valence-corrected chi connectivity index (χ4v) is 6.35. The van der Waals surface area contributed by atoms with Gasteiger partial charge in [0.2, 0.25) is 17.6 Å². The second kappa shape index (κ2) is 8.93. The van der Waals surface area contributed by atoms with Crippen molar-refractivity contribution >= 4 is 38.7 Å². The molecular formula is C21H22N4O5S2. The molecule has 9 nitrogen and oxygen atoms in total. The van der Waals surface area contributed by atoms with Crippen LogP contribution < -0.4 is 5.32 Å². The molecule has 4 rings (SSSR count). The molecule has 1 aromatic carbocycles. The summed E-state index contributed by atoms with van der Waals surface area (Å²) in [4.78, 5) is 28.3. The molecule has 3 heterocycles. The van der Waals surface area contributed by atoms with Crippen LogP contribution in [0.3, 0.4) is 0 Å². The number of piperidine rings is 1. The lowest BCUT2D eigenvalue weighted by Gasteiger charge is -2.30. The minimum atomic E-state index is -3.75. The van der Waals surface area contributed by atoms with Gasteiger partial charge in [0, 0.05) is 42.2 Å². The van der Waals surface area contributed by atoms with Crippen molar-refractivity contribution in [2.24, 2.45) is 5.92 Å². The number of Topliss-reactive ketones (excluding diaryl/α,β-unsaturated/α-hetero) is 1. The Morgan fingerprint density at radius 1 is 1.25 bits per heavy atom. The number of sulfonamides is 1. The first-order valence-corrected chi connectivity index (χ1v) is 12.4. The third-order valence-electron chi connectivity index (χ3n) is 5.27. The zero-order chi connectivity index (χ0) is 22.9. The monoisotopic (exact) mass is 474 g/mol. The van der Waals surface area contributed by atoms with Crippen molar-refractivity contribution in [3.63, 3.8) is 0 Å². The molecule has 1 N–H and O–H groups in total. The number of amides is 1. The van der Waals surface area contributed by atoms with Gasteiger partial charge in [-0.25, -0.2) is 8.42 Å². The van der Waals surface area contributed by atoms with Gasteiger partial charge in [0.1, 0.15) is 4.21 Å². The Morgan fingerprint density at radius 2 is 2.00 bits per heavy atom. The molecule has 168 valence electrons. The number of benzene rings is 1. The van der Waals surface area contributed by atoms with Gasteiger partial charge in [0.05, 0.1) is 5.92 Å². The average molecular weight is 475 g/mol. The van der Waals surface area contributed by atoms with Crippen LogP contribution in [0.15, 0.2) is 44.4 Å². The van der Waals surface area contributed by atoms with Crippen LogP contribution in [-0.4, -0.2) is 47.6 Å². The molecule has 0 spiro atoms. The van der Waals surface area contributed by atoms with Crippen LogP contribution in [0.2, 0.25) is 0 Å². The number of rotatable bonds is 6. The van der Waals surface area contributed by atoms with E-state index in [2.05, 4.69) is 15.5 Å². The number of aromatic nitrogens is 2. The van der Waals surface area contributed by atoms with Gasteiger partial charge in [-0.15, -0.1) is 11.3 Å². The Kier molecular flexibility index (Phi) is 6.22. The zero-order valence-electron chi connectivity index (χ0n) is 17.6. The molecule has 1 saturated heterocycles. The van der Waals surface area contributed by atoms with E-state index >= 15 is 0 Å². The largest absolute Gasteiger partial charge is 0.339 e. The standard InChI is InChI=1S/C21H22N4O5S2/c1-13(26)15-5-7-18(8-6-15)23-21(27)16-4-3-9-25(11-16)32(28,29)19-10-17(12-31-19)20-22-14(2)30-24-20/h5-8,10,12,16H,3-4,9,11H2,1-2H3,(H,23,27)/t16-/m0/s1. The van der Waals surface area contributed by atoms with Crippen LogP contribution in [0.4, 0.5) is 5.69 Å². The van der Waals surface area contributed by atoms with Gasteiger partial charge in [-0.3, -0.25) is 9.59 Å². The van der Waals surface area contributed by atoms with Crippen LogP contribution in [0, 0.1) is 12.8 Å². The van der Waals surface area contributed by atoms with Gasteiger partial charge >= 0.3 is 0 Å². The molecule has 1 aliphatic heterocycles. The third-order valence-corrected chi connectivity index (χ3v) is 8.55. The second-order valence-corrected chi connectivity index (χ2v) is 10.7. The summed E-state index contributed by atoms with van der Waals surface area (Å²) in [5, 5.41) is 8.32. The van der Waals surface area contributed by atoms with Crippen LogP contribution in [-0.2, 0) is 14.8 Å². The van der Waals surface area contributed by atoms with Crippen LogP contribution in [0.5, 0.6) is 0 Å². The number of thiophene rings is 1. The molecule has 0 aliphatic carbocycles. The lowest BCUT2D eigenvalue weighted by molar-refractivity contribution is -0.120. The predicted octanol–water partition coefficient (Wildman–Crippen LogP) is 3.35. The minimum Gasteiger partial charge on any atom is -0.339 e. The van der Waals surface area contributed by atoms with E-state index in [-0.39, 0.29) is 22.4 Å². The third kappa shape index (κ3) is 4.64. The van der Waals surface area contributed by atoms with Gasteiger partial charge in [0.15, 0.2) is 5.78 Å². The molecule has 32 heavy (non-hydrogen) atoms. The lowest BCUT2D eigenvalue weighted by Crippen LogP contribution is -2.43. The molecule has 1 aliphatic rings. The van der Waals surface area contributed by atoms with Crippen molar-refractivity contribution in [1.82, 2.24) is 14.4 Å². The highest BCUT2D eigenvalue weighted by Crippen LogP contribution is 2.31. The number of anilines is 1. The Balaban J connectivity index is 1.45. The van der Waals surface area contributed by atoms with Crippen molar-refractivity contribution in [2.45, 2.75) is 30.9 Å².